The SMILES string of the molecule is CCCCCCCCCCCCCC(=O)C(O)(CCC)Cc1ccc(OCCN)cc1. The average molecular weight is 434 g/mol. The first-order chi connectivity index (χ1) is 15.1. The minimum atomic E-state index is -1.26. The Bertz CT molecular complexity index is 572. The molecule has 0 radical (unpaired) electrons. The second-order valence-electron chi connectivity index (χ2n) is 8.95. The Balaban J connectivity index is 2.31. The van der Waals surface area contributed by atoms with Crippen molar-refractivity contribution >= 4 is 5.78 Å². The molecule has 0 aromatic heterocycles. The van der Waals surface area contributed by atoms with Crippen LogP contribution in [-0.4, -0.2) is 29.6 Å². The molecule has 0 aliphatic carbocycles. The van der Waals surface area contributed by atoms with Crippen molar-refractivity contribution in [1.29, 1.82) is 0 Å². The quantitative estimate of drug-likeness (QED) is 0.234. The highest BCUT2D eigenvalue weighted by atomic mass is 16.5. The Morgan fingerprint density at radius 1 is 0.871 bits per heavy atom. The minimum Gasteiger partial charge on any atom is -0.492 e. The second kappa shape index (κ2) is 17.2. The van der Waals surface area contributed by atoms with Gasteiger partial charge in [0, 0.05) is 19.4 Å². The highest BCUT2D eigenvalue weighted by molar-refractivity contribution is 5.87. The molecular weight excluding hydrogens is 386 g/mol. The van der Waals surface area contributed by atoms with Crippen LogP contribution in [-0.2, 0) is 11.2 Å². The summed E-state index contributed by atoms with van der Waals surface area (Å²) in [4.78, 5) is 12.8. The summed E-state index contributed by atoms with van der Waals surface area (Å²) in [6, 6.07) is 7.63. The molecule has 0 bridgehead atoms. The minimum absolute atomic E-state index is 0.00580. The van der Waals surface area contributed by atoms with E-state index in [-0.39, 0.29) is 5.78 Å². The van der Waals surface area contributed by atoms with Gasteiger partial charge in [0.2, 0.25) is 0 Å². The van der Waals surface area contributed by atoms with Crippen LogP contribution < -0.4 is 10.5 Å². The number of hydrogen-bond donors (Lipinski definition) is 2. The number of hydrogen-bond acceptors (Lipinski definition) is 4. The van der Waals surface area contributed by atoms with Gasteiger partial charge in [0.15, 0.2) is 5.78 Å². The van der Waals surface area contributed by atoms with Crippen LogP contribution in [0.15, 0.2) is 24.3 Å². The molecule has 1 rings (SSSR count). The van der Waals surface area contributed by atoms with E-state index >= 15 is 0 Å². The van der Waals surface area contributed by atoms with Crippen LogP contribution in [0, 0.1) is 0 Å². The smallest absolute Gasteiger partial charge is 0.164 e. The van der Waals surface area contributed by atoms with E-state index in [0.717, 1.165) is 30.6 Å². The van der Waals surface area contributed by atoms with Crippen molar-refractivity contribution in [2.45, 2.75) is 116 Å². The Kier molecular flexibility index (Phi) is 15.3. The largest absolute Gasteiger partial charge is 0.492 e. The van der Waals surface area contributed by atoms with Gasteiger partial charge in [0.25, 0.3) is 0 Å². The highest BCUT2D eigenvalue weighted by Crippen LogP contribution is 2.25. The van der Waals surface area contributed by atoms with Gasteiger partial charge in [0.1, 0.15) is 18.0 Å². The highest BCUT2D eigenvalue weighted by Gasteiger charge is 2.34. The van der Waals surface area contributed by atoms with Crippen molar-refractivity contribution in [2.24, 2.45) is 5.73 Å². The van der Waals surface area contributed by atoms with Crippen LogP contribution in [0.5, 0.6) is 5.75 Å². The molecule has 0 amide bonds. The predicted molar refractivity (Wildman–Crippen MR) is 131 cm³/mol. The van der Waals surface area contributed by atoms with Crippen LogP contribution in [0.1, 0.15) is 109 Å². The fraction of sp³-hybridized carbons (Fsp3) is 0.741. The molecule has 1 unspecified atom stereocenters. The number of carbonyl (C=O) groups excluding carboxylic acids is 1. The monoisotopic (exact) mass is 433 g/mol. The lowest BCUT2D eigenvalue weighted by Gasteiger charge is -2.27. The fourth-order valence-electron chi connectivity index (χ4n) is 4.14. The van der Waals surface area contributed by atoms with Crippen molar-refractivity contribution in [3.63, 3.8) is 0 Å². The molecule has 0 fully saturated rings. The van der Waals surface area contributed by atoms with Gasteiger partial charge < -0.3 is 15.6 Å². The van der Waals surface area contributed by atoms with Gasteiger partial charge in [-0.25, -0.2) is 0 Å². The van der Waals surface area contributed by atoms with E-state index in [4.69, 9.17) is 10.5 Å². The maximum atomic E-state index is 12.8. The van der Waals surface area contributed by atoms with Crippen LogP contribution >= 0.6 is 0 Å². The molecule has 0 spiro atoms. The molecule has 178 valence electrons. The number of carbonyl (C=O) groups is 1. The van der Waals surface area contributed by atoms with Crippen molar-refractivity contribution in [3.8, 4) is 5.75 Å². The maximum Gasteiger partial charge on any atom is 0.164 e. The van der Waals surface area contributed by atoms with Gasteiger partial charge in [0.05, 0.1) is 0 Å². The summed E-state index contributed by atoms with van der Waals surface area (Å²) in [6.45, 7) is 5.23. The zero-order chi connectivity index (χ0) is 22.8. The number of rotatable bonds is 20. The van der Waals surface area contributed by atoms with Gasteiger partial charge in [-0.2, -0.15) is 0 Å². The number of nitrogens with two attached hydrogens (primary N) is 1. The van der Waals surface area contributed by atoms with Crippen LogP contribution in [0.4, 0.5) is 0 Å². The summed E-state index contributed by atoms with van der Waals surface area (Å²) in [5.74, 6) is 0.759. The number of Topliss-reactive ketones (excluding diaryl/α,β-unsaturated/α-hetero) is 1. The third kappa shape index (κ3) is 12.3. The number of ketones is 1. The normalized spacial score (nSPS) is 13.2. The first-order valence-electron chi connectivity index (χ1n) is 12.7. The zero-order valence-electron chi connectivity index (χ0n) is 20.2. The number of unbranched alkanes of at least 4 members (excludes halogenated alkanes) is 10. The van der Waals surface area contributed by atoms with Gasteiger partial charge in [-0.1, -0.05) is 96.6 Å². The molecule has 0 aliphatic rings. The summed E-state index contributed by atoms with van der Waals surface area (Å²) in [7, 11) is 0. The third-order valence-corrected chi connectivity index (χ3v) is 6.00. The number of aliphatic hydroxyl groups is 1. The lowest BCUT2D eigenvalue weighted by Crippen LogP contribution is -2.40. The van der Waals surface area contributed by atoms with Gasteiger partial charge in [-0.15, -0.1) is 0 Å². The molecule has 3 N–H and O–H groups in total. The standard InChI is InChI=1S/C27H47NO3/c1-3-5-6-7-8-9-10-11-12-13-14-15-26(29)27(30,20-4-2)23-24-16-18-25(19-17-24)31-22-21-28/h16-19,30H,3-15,20-23,28H2,1-2H3. The van der Waals surface area contributed by atoms with E-state index in [2.05, 4.69) is 6.92 Å². The molecule has 0 heterocycles. The Hall–Kier alpha value is -1.39. The van der Waals surface area contributed by atoms with Crippen molar-refractivity contribution in [1.82, 2.24) is 0 Å². The Morgan fingerprint density at radius 2 is 1.42 bits per heavy atom. The molecule has 0 saturated carbocycles. The second-order valence-corrected chi connectivity index (χ2v) is 8.95. The third-order valence-electron chi connectivity index (χ3n) is 6.00. The Labute approximate surface area is 191 Å². The first kappa shape index (κ1) is 27.6. The summed E-state index contributed by atoms with van der Waals surface area (Å²) < 4.78 is 5.50. The lowest BCUT2D eigenvalue weighted by molar-refractivity contribution is -0.138. The van der Waals surface area contributed by atoms with E-state index in [0.29, 0.717) is 32.4 Å². The molecule has 31 heavy (non-hydrogen) atoms. The van der Waals surface area contributed by atoms with E-state index in [1.165, 1.54) is 57.8 Å². The summed E-state index contributed by atoms with van der Waals surface area (Å²) in [5.41, 5.74) is 5.17. The summed E-state index contributed by atoms with van der Waals surface area (Å²) in [5, 5.41) is 11.1. The van der Waals surface area contributed by atoms with Crippen LogP contribution in [0.25, 0.3) is 0 Å². The zero-order valence-corrected chi connectivity index (χ0v) is 20.2. The molecule has 0 aliphatic heterocycles. The average Bonchev–Trinajstić information content (AvgIpc) is 2.77. The molecule has 0 saturated heterocycles. The summed E-state index contributed by atoms with van der Waals surface area (Å²) in [6.07, 6.45) is 16.0. The molecular formula is C27H47NO3. The number of benzene rings is 1. The molecule has 1 aromatic carbocycles. The maximum absolute atomic E-state index is 12.8. The molecule has 1 atom stereocenters. The first-order valence-corrected chi connectivity index (χ1v) is 12.7. The molecule has 4 nitrogen and oxygen atoms in total. The Morgan fingerprint density at radius 3 is 1.94 bits per heavy atom. The van der Waals surface area contributed by atoms with Crippen molar-refractivity contribution < 1.29 is 14.6 Å². The van der Waals surface area contributed by atoms with Crippen LogP contribution in [0.2, 0.25) is 0 Å². The number of ether oxygens (including phenoxy) is 1. The molecule has 1 aromatic rings. The molecule has 4 heteroatoms. The van der Waals surface area contributed by atoms with Crippen LogP contribution in [0.3, 0.4) is 0 Å². The lowest BCUT2D eigenvalue weighted by atomic mass is 9.84. The van der Waals surface area contributed by atoms with Crippen molar-refractivity contribution in [3.05, 3.63) is 29.8 Å². The van der Waals surface area contributed by atoms with Gasteiger partial charge in [-0.3, -0.25) is 4.79 Å². The predicted octanol–water partition coefficient (Wildman–Crippen LogP) is 6.37. The fourth-order valence-corrected chi connectivity index (χ4v) is 4.14. The topological polar surface area (TPSA) is 72.5 Å². The van der Waals surface area contributed by atoms with Gasteiger partial charge in [-0.05, 0) is 30.5 Å². The summed E-state index contributed by atoms with van der Waals surface area (Å²) >= 11 is 0. The van der Waals surface area contributed by atoms with Crippen molar-refractivity contribution in [2.75, 3.05) is 13.2 Å². The van der Waals surface area contributed by atoms with E-state index in [9.17, 15) is 9.90 Å². The van der Waals surface area contributed by atoms with E-state index in [1.54, 1.807) is 0 Å². The van der Waals surface area contributed by atoms with E-state index < -0.39 is 5.60 Å². The van der Waals surface area contributed by atoms with E-state index in [1.807, 2.05) is 31.2 Å². The van der Waals surface area contributed by atoms with Gasteiger partial charge >= 0.3 is 0 Å².